The highest BCUT2D eigenvalue weighted by molar-refractivity contribution is 7.99. The van der Waals surface area contributed by atoms with Crippen molar-refractivity contribution in [2.24, 2.45) is 7.05 Å². The van der Waals surface area contributed by atoms with Crippen LogP contribution >= 0.6 is 11.8 Å². The molecule has 0 amide bonds. The van der Waals surface area contributed by atoms with Gasteiger partial charge in [-0.25, -0.2) is 0 Å². The third-order valence-electron chi connectivity index (χ3n) is 2.50. The van der Waals surface area contributed by atoms with Crippen LogP contribution in [0.25, 0.3) is 0 Å². The lowest BCUT2D eigenvalue weighted by molar-refractivity contribution is 0.504. The van der Waals surface area contributed by atoms with Gasteiger partial charge in [-0.15, -0.1) is 10.2 Å². The predicted octanol–water partition coefficient (Wildman–Crippen LogP) is 1.69. The molecular weight excluding hydrogens is 208 g/mol. The molecule has 0 saturated heterocycles. The van der Waals surface area contributed by atoms with E-state index in [1.54, 1.807) is 18.1 Å². The maximum absolute atomic E-state index is 4.03. The van der Waals surface area contributed by atoms with Crippen LogP contribution < -0.4 is 5.32 Å². The van der Waals surface area contributed by atoms with Crippen molar-refractivity contribution < 1.29 is 0 Å². The minimum absolute atomic E-state index is 0.657. The van der Waals surface area contributed by atoms with Gasteiger partial charge in [-0.05, 0) is 26.3 Å². The molecule has 0 spiro atoms. The number of aryl methyl sites for hydroxylation is 1. The van der Waals surface area contributed by atoms with Crippen LogP contribution in [0.4, 0.5) is 0 Å². The van der Waals surface area contributed by atoms with Crippen LogP contribution in [0.1, 0.15) is 26.2 Å². The molecule has 1 aromatic heterocycles. The SMILES string of the molecule is CCC(CCCSc1nncn1C)NC. The van der Waals surface area contributed by atoms with Gasteiger partial charge in [0.25, 0.3) is 0 Å². The zero-order valence-corrected chi connectivity index (χ0v) is 10.5. The smallest absolute Gasteiger partial charge is 0.190 e. The highest BCUT2D eigenvalue weighted by Gasteiger charge is 2.04. The van der Waals surface area contributed by atoms with E-state index in [1.807, 2.05) is 18.7 Å². The Morgan fingerprint density at radius 2 is 2.40 bits per heavy atom. The molecule has 4 nitrogen and oxygen atoms in total. The highest BCUT2D eigenvalue weighted by atomic mass is 32.2. The van der Waals surface area contributed by atoms with Gasteiger partial charge in [0.05, 0.1) is 0 Å². The van der Waals surface area contributed by atoms with Gasteiger partial charge in [0, 0.05) is 18.8 Å². The molecular formula is C10H20N4S. The molecule has 0 aromatic carbocycles. The van der Waals surface area contributed by atoms with Crippen molar-refractivity contribution in [1.29, 1.82) is 0 Å². The van der Waals surface area contributed by atoms with Crippen LogP contribution in [0.5, 0.6) is 0 Å². The van der Waals surface area contributed by atoms with Crippen molar-refractivity contribution in [3.63, 3.8) is 0 Å². The number of hydrogen-bond donors (Lipinski definition) is 1. The van der Waals surface area contributed by atoms with Gasteiger partial charge in [0.1, 0.15) is 6.33 Å². The maximum atomic E-state index is 4.03. The van der Waals surface area contributed by atoms with Crippen molar-refractivity contribution in [3.8, 4) is 0 Å². The molecule has 1 unspecified atom stereocenters. The molecule has 0 aliphatic heterocycles. The maximum Gasteiger partial charge on any atom is 0.190 e. The highest BCUT2D eigenvalue weighted by Crippen LogP contribution is 2.16. The van der Waals surface area contributed by atoms with Crippen molar-refractivity contribution in [2.75, 3.05) is 12.8 Å². The summed E-state index contributed by atoms with van der Waals surface area (Å²) in [4.78, 5) is 0. The monoisotopic (exact) mass is 228 g/mol. The number of nitrogens with one attached hydrogen (secondary N) is 1. The number of aromatic nitrogens is 3. The second kappa shape index (κ2) is 6.85. The summed E-state index contributed by atoms with van der Waals surface area (Å²) in [6.45, 7) is 2.22. The second-order valence-corrected chi connectivity index (χ2v) is 4.67. The first kappa shape index (κ1) is 12.5. The molecule has 0 aliphatic rings. The summed E-state index contributed by atoms with van der Waals surface area (Å²) in [5, 5.41) is 12.2. The van der Waals surface area contributed by atoms with Gasteiger partial charge in [-0.1, -0.05) is 18.7 Å². The fraction of sp³-hybridized carbons (Fsp3) is 0.800. The lowest BCUT2D eigenvalue weighted by Crippen LogP contribution is -2.23. The molecule has 86 valence electrons. The van der Waals surface area contributed by atoms with Crippen molar-refractivity contribution in [2.45, 2.75) is 37.4 Å². The molecule has 15 heavy (non-hydrogen) atoms. The lowest BCUT2D eigenvalue weighted by Gasteiger charge is -2.12. The molecule has 1 atom stereocenters. The summed E-state index contributed by atoms with van der Waals surface area (Å²) in [5.41, 5.74) is 0. The van der Waals surface area contributed by atoms with Crippen LogP contribution in [0.3, 0.4) is 0 Å². The number of thioether (sulfide) groups is 1. The zero-order valence-electron chi connectivity index (χ0n) is 9.73. The first-order chi connectivity index (χ1) is 7.27. The van der Waals surface area contributed by atoms with E-state index < -0.39 is 0 Å². The third-order valence-corrected chi connectivity index (χ3v) is 3.62. The van der Waals surface area contributed by atoms with E-state index in [0.717, 1.165) is 10.9 Å². The Labute approximate surface area is 95.9 Å². The summed E-state index contributed by atoms with van der Waals surface area (Å²) in [6.07, 6.45) is 5.39. The van der Waals surface area contributed by atoms with E-state index in [9.17, 15) is 0 Å². The van der Waals surface area contributed by atoms with Crippen LogP contribution in [-0.4, -0.2) is 33.6 Å². The summed E-state index contributed by atoms with van der Waals surface area (Å²) in [5.74, 6) is 1.12. The number of rotatable bonds is 7. The average Bonchev–Trinajstić information content (AvgIpc) is 2.65. The van der Waals surface area contributed by atoms with E-state index >= 15 is 0 Å². The standard InChI is InChI=1S/C10H20N4S/c1-4-9(11-2)6-5-7-15-10-13-12-8-14(10)3/h8-9,11H,4-7H2,1-3H3. The molecule has 5 heteroatoms. The first-order valence-electron chi connectivity index (χ1n) is 5.42. The fourth-order valence-corrected chi connectivity index (χ4v) is 2.30. The Morgan fingerprint density at radius 3 is 2.93 bits per heavy atom. The van der Waals surface area contributed by atoms with Gasteiger partial charge in [-0.3, -0.25) is 0 Å². The van der Waals surface area contributed by atoms with Crippen molar-refractivity contribution in [1.82, 2.24) is 20.1 Å². The first-order valence-corrected chi connectivity index (χ1v) is 6.40. The van der Waals surface area contributed by atoms with Crippen LogP contribution in [0.15, 0.2) is 11.5 Å². The van der Waals surface area contributed by atoms with Crippen molar-refractivity contribution >= 4 is 11.8 Å². The normalized spacial score (nSPS) is 13.0. The summed E-state index contributed by atoms with van der Waals surface area (Å²) < 4.78 is 1.96. The van der Waals surface area contributed by atoms with E-state index in [4.69, 9.17) is 0 Å². The summed E-state index contributed by atoms with van der Waals surface area (Å²) >= 11 is 1.78. The Kier molecular flexibility index (Phi) is 5.71. The zero-order chi connectivity index (χ0) is 11.1. The lowest BCUT2D eigenvalue weighted by atomic mass is 10.1. The predicted molar refractivity (Wildman–Crippen MR) is 64.1 cm³/mol. The molecule has 1 rings (SSSR count). The Balaban J connectivity index is 2.14. The topological polar surface area (TPSA) is 42.7 Å². The molecule has 1 N–H and O–H groups in total. The van der Waals surface area contributed by atoms with E-state index in [2.05, 4.69) is 22.4 Å². The van der Waals surface area contributed by atoms with Crippen LogP contribution in [0.2, 0.25) is 0 Å². The molecule has 1 heterocycles. The molecule has 0 bridgehead atoms. The van der Waals surface area contributed by atoms with E-state index in [1.165, 1.54) is 19.3 Å². The number of nitrogens with zero attached hydrogens (tertiary/aromatic N) is 3. The largest absolute Gasteiger partial charge is 0.317 e. The van der Waals surface area contributed by atoms with Crippen LogP contribution in [0, 0.1) is 0 Å². The minimum Gasteiger partial charge on any atom is -0.317 e. The summed E-state index contributed by atoms with van der Waals surface area (Å²) in [6, 6.07) is 0.657. The fourth-order valence-electron chi connectivity index (χ4n) is 1.45. The molecule has 0 aliphatic carbocycles. The van der Waals surface area contributed by atoms with Crippen molar-refractivity contribution in [3.05, 3.63) is 6.33 Å². The minimum atomic E-state index is 0.657. The summed E-state index contributed by atoms with van der Waals surface area (Å²) in [7, 11) is 4.01. The Bertz CT molecular complexity index is 270. The van der Waals surface area contributed by atoms with E-state index in [-0.39, 0.29) is 0 Å². The van der Waals surface area contributed by atoms with Gasteiger partial charge < -0.3 is 9.88 Å². The Hall–Kier alpha value is -0.550. The molecule has 0 fully saturated rings. The number of hydrogen-bond acceptors (Lipinski definition) is 4. The Morgan fingerprint density at radius 1 is 1.60 bits per heavy atom. The van der Waals surface area contributed by atoms with Gasteiger partial charge in [0.2, 0.25) is 0 Å². The molecule has 0 radical (unpaired) electrons. The van der Waals surface area contributed by atoms with E-state index in [0.29, 0.717) is 6.04 Å². The third kappa shape index (κ3) is 4.22. The second-order valence-electron chi connectivity index (χ2n) is 3.61. The van der Waals surface area contributed by atoms with Gasteiger partial charge in [-0.2, -0.15) is 0 Å². The van der Waals surface area contributed by atoms with Gasteiger partial charge >= 0.3 is 0 Å². The van der Waals surface area contributed by atoms with Crippen LogP contribution in [-0.2, 0) is 7.05 Å². The van der Waals surface area contributed by atoms with Gasteiger partial charge in [0.15, 0.2) is 5.16 Å². The molecule has 1 aromatic rings. The molecule has 0 saturated carbocycles. The average molecular weight is 228 g/mol. The quantitative estimate of drug-likeness (QED) is 0.569.